The molecule has 0 spiro atoms. The standard InChI is InChI=1S/C16H25NO/c1-3-16(18)13-9-11-15(12-10-13)17(2)14-7-5-4-6-8-14/h9-12,14,16,18H,3-8H2,1-2H3. The van der Waals surface area contributed by atoms with Gasteiger partial charge >= 0.3 is 0 Å². The predicted molar refractivity (Wildman–Crippen MR) is 77.0 cm³/mol. The van der Waals surface area contributed by atoms with Gasteiger partial charge in [-0.1, -0.05) is 38.3 Å². The van der Waals surface area contributed by atoms with Crippen molar-refractivity contribution in [3.63, 3.8) is 0 Å². The summed E-state index contributed by atoms with van der Waals surface area (Å²) in [5.74, 6) is 0. The van der Waals surface area contributed by atoms with Gasteiger partial charge in [-0.2, -0.15) is 0 Å². The number of aliphatic hydroxyl groups excluding tert-OH is 1. The Morgan fingerprint density at radius 3 is 2.33 bits per heavy atom. The van der Waals surface area contributed by atoms with E-state index >= 15 is 0 Å². The number of hydrogen-bond donors (Lipinski definition) is 1. The van der Waals surface area contributed by atoms with Crippen LogP contribution in [0.1, 0.15) is 57.1 Å². The summed E-state index contributed by atoms with van der Waals surface area (Å²) in [7, 11) is 2.20. The fraction of sp³-hybridized carbons (Fsp3) is 0.625. The Labute approximate surface area is 111 Å². The second-order valence-corrected chi connectivity index (χ2v) is 5.42. The molecule has 1 aromatic carbocycles. The molecule has 1 aliphatic rings. The maximum Gasteiger partial charge on any atom is 0.0787 e. The Morgan fingerprint density at radius 2 is 1.78 bits per heavy atom. The third kappa shape index (κ3) is 3.05. The van der Waals surface area contributed by atoms with E-state index in [-0.39, 0.29) is 6.10 Å². The highest BCUT2D eigenvalue weighted by molar-refractivity contribution is 5.48. The van der Waals surface area contributed by atoms with Gasteiger partial charge in [0.1, 0.15) is 0 Å². The summed E-state index contributed by atoms with van der Waals surface area (Å²) < 4.78 is 0. The van der Waals surface area contributed by atoms with Gasteiger partial charge in [-0.25, -0.2) is 0 Å². The molecular formula is C16H25NO. The van der Waals surface area contributed by atoms with E-state index in [4.69, 9.17) is 0 Å². The zero-order valence-electron chi connectivity index (χ0n) is 11.6. The third-order valence-electron chi connectivity index (χ3n) is 4.19. The molecule has 1 atom stereocenters. The lowest BCUT2D eigenvalue weighted by Gasteiger charge is -2.33. The van der Waals surface area contributed by atoms with Crippen LogP contribution < -0.4 is 4.90 Å². The Balaban J connectivity index is 2.03. The first-order valence-corrected chi connectivity index (χ1v) is 7.23. The summed E-state index contributed by atoms with van der Waals surface area (Å²) in [6, 6.07) is 9.10. The van der Waals surface area contributed by atoms with E-state index in [2.05, 4.69) is 36.2 Å². The second-order valence-electron chi connectivity index (χ2n) is 5.42. The molecule has 1 aliphatic carbocycles. The largest absolute Gasteiger partial charge is 0.388 e. The van der Waals surface area contributed by atoms with Crippen molar-refractivity contribution in [2.24, 2.45) is 0 Å². The molecule has 0 aliphatic heterocycles. The molecule has 0 aromatic heterocycles. The molecule has 2 rings (SSSR count). The Bertz CT molecular complexity index is 354. The van der Waals surface area contributed by atoms with Crippen LogP contribution in [-0.2, 0) is 0 Å². The maximum atomic E-state index is 9.79. The van der Waals surface area contributed by atoms with Crippen LogP contribution in [0.2, 0.25) is 0 Å². The minimum absolute atomic E-state index is 0.320. The molecule has 0 bridgehead atoms. The van der Waals surface area contributed by atoms with Crippen molar-refractivity contribution in [1.29, 1.82) is 0 Å². The number of hydrogen-bond acceptors (Lipinski definition) is 2. The molecule has 18 heavy (non-hydrogen) atoms. The highest BCUT2D eigenvalue weighted by Gasteiger charge is 2.18. The van der Waals surface area contributed by atoms with Crippen LogP contribution in [0, 0.1) is 0 Å². The number of nitrogens with zero attached hydrogens (tertiary/aromatic N) is 1. The number of aliphatic hydroxyl groups is 1. The first-order valence-electron chi connectivity index (χ1n) is 7.23. The van der Waals surface area contributed by atoms with Gasteiger partial charge in [-0.3, -0.25) is 0 Å². The Hall–Kier alpha value is -1.02. The molecule has 0 amide bonds. The van der Waals surface area contributed by atoms with Crippen LogP contribution >= 0.6 is 0 Å². The highest BCUT2D eigenvalue weighted by Crippen LogP contribution is 2.27. The topological polar surface area (TPSA) is 23.5 Å². The van der Waals surface area contributed by atoms with Crippen molar-refractivity contribution in [1.82, 2.24) is 0 Å². The van der Waals surface area contributed by atoms with Crippen LogP contribution in [-0.4, -0.2) is 18.2 Å². The molecule has 1 saturated carbocycles. The smallest absolute Gasteiger partial charge is 0.0787 e. The van der Waals surface area contributed by atoms with Crippen LogP contribution in [0.5, 0.6) is 0 Å². The SMILES string of the molecule is CCC(O)c1ccc(N(C)C2CCCCC2)cc1. The lowest BCUT2D eigenvalue weighted by molar-refractivity contribution is 0.173. The summed E-state index contributed by atoms with van der Waals surface area (Å²) in [4.78, 5) is 2.40. The van der Waals surface area contributed by atoms with Gasteiger partial charge in [0.2, 0.25) is 0 Å². The molecule has 2 heteroatoms. The third-order valence-corrected chi connectivity index (χ3v) is 4.19. The molecular weight excluding hydrogens is 222 g/mol. The molecule has 0 heterocycles. The van der Waals surface area contributed by atoms with Gasteiger partial charge in [-0.05, 0) is 37.0 Å². The van der Waals surface area contributed by atoms with E-state index in [1.807, 2.05) is 6.92 Å². The van der Waals surface area contributed by atoms with Gasteiger partial charge < -0.3 is 10.0 Å². The van der Waals surface area contributed by atoms with Gasteiger partial charge in [0, 0.05) is 18.8 Å². The van der Waals surface area contributed by atoms with Gasteiger partial charge in [-0.15, -0.1) is 0 Å². The second kappa shape index (κ2) is 6.24. The summed E-state index contributed by atoms with van der Waals surface area (Å²) >= 11 is 0. The molecule has 1 aromatic rings. The monoisotopic (exact) mass is 247 g/mol. The maximum absolute atomic E-state index is 9.79. The first-order chi connectivity index (χ1) is 8.72. The average Bonchev–Trinajstić information content (AvgIpc) is 2.47. The quantitative estimate of drug-likeness (QED) is 0.872. The van der Waals surface area contributed by atoms with Crippen LogP contribution in [0.3, 0.4) is 0 Å². The van der Waals surface area contributed by atoms with Crippen molar-refractivity contribution in [2.45, 2.75) is 57.6 Å². The fourth-order valence-electron chi connectivity index (χ4n) is 2.85. The molecule has 1 N–H and O–H groups in total. The molecule has 2 nitrogen and oxygen atoms in total. The zero-order valence-corrected chi connectivity index (χ0v) is 11.6. The first kappa shape index (κ1) is 13.4. The summed E-state index contributed by atoms with van der Waals surface area (Å²) in [6.07, 6.45) is 7.21. The summed E-state index contributed by atoms with van der Waals surface area (Å²) in [5.41, 5.74) is 2.30. The van der Waals surface area contributed by atoms with E-state index in [1.165, 1.54) is 37.8 Å². The van der Waals surface area contributed by atoms with Crippen LogP contribution in [0.15, 0.2) is 24.3 Å². The normalized spacial score (nSPS) is 18.6. The Kier molecular flexibility index (Phi) is 4.65. The fourth-order valence-corrected chi connectivity index (χ4v) is 2.85. The lowest BCUT2D eigenvalue weighted by atomic mass is 9.94. The van der Waals surface area contributed by atoms with Crippen molar-refractivity contribution >= 4 is 5.69 Å². The zero-order chi connectivity index (χ0) is 13.0. The van der Waals surface area contributed by atoms with Crippen molar-refractivity contribution in [2.75, 3.05) is 11.9 Å². The number of benzene rings is 1. The molecule has 100 valence electrons. The van der Waals surface area contributed by atoms with Gasteiger partial charge in [0.05, 0.1) is 6.10 Å². The minimum atomic E-state index is -0.320. The number of rotatable bonds is 4. The van der Waals surface area contributed by atoms with Crippen molar-refractivity contribution < 1.29 is 5.11 Å². The van der Waals surface area contributed by atoms with E-state index in [0.29, 0.717) is 6.04 Å². The van der Waals surface area contributed by atoms with E-state index < -0.39 is 0 Å². The molecule has 1 unspecified atom stereocenters. The van der Waals surface area contributed by atoms with E-state index in [1.54, 1.807) is 0 Å². The van der Waals surface area contributed by atoms with Crippen LogP contribution in [0.4, 0.5) is 5.69 Å². The number of anilines is 1. The average molecular weight is 247 g/mol. The highest BCUT2D eigenvalue weighted by atomic mass is 16.3. The Morgan fingerprint density at radius 1 is 1.17 bits per heavy atom. The van der Waals surface area contributed by atoms with Crippen molar-refractivity contribution in [3.05, 3.63) is 29.8 Å². The van der Waals surface area contributed by atoms with Crippen molar-refractivity contribution in [3.8, 4) is 0 Å². The minimum Gasteiger partial charge on any atom is -0.388 e. The summed E-state index contributed by atoms with van der Waals surface area (Å²) in [6.45, 7) is 2.01. The van der Waals surface area contributed by atoms with Gasteiger partial charge in [0.25, 0.3) is 0 Å². The molecule has 1 fully saturated rings. The van der Waals surface area contributed by atoms with Gasteiger partial charge in [0.15, 0.2) is 0 Å². The molecule has 0 saturated heterocycles. The summed E-state index contributed by atoms with van der Waals surface area (Å²) in [5, 5.41) is 9.79. The molecule has 0 radical (unpaired) electrons. The lowest BCUT2D eigenvalue weighted by Crippen LogP contribution is -2.33. The van der Waals surface area contributed by atoms with Crippen LogP contribution in [0.25, 0.3) is 0 Å². The predicted octanol–water partition coefficient (Wildman–Crippen LogP) is 3.90. The van der Waals surface area contributed by atoms with E-state index in [9.17, 15) is 5.11 Å². The van der Waals surface area contributed by atoms with E-state index in [0.717, 1.165) is 12.0 Å².